The summed E-state index contributed by atoms with van der Waals surface area (Å²) in [5, 5.41) is 13.4. The summed E-state index contributed by atoms with van der Waals surface area (Å²) in [6, 6.07) is 9.22. The lowest BCUT2D eigenvalue weighted by Gasteiger charge is -2.05. The van der Waals surface area contributed by atoms with Gasteiger partial charge < -0.3 is 9.15 Å². The van der Waals surface area contributed by atoms with E-state index < -0.39 is 0 Å². The van der Waals surface area contributed by atoms with E-state index >= 15 is 0 Å². The highest BCUT2D eigenvalue weighted by Gasteiger charge is 2.04. The summed E-state index contributed by atoms with van der Waals surface area (Å²) in [5.74, 6) is 2.08. The topological polar surface area (TPSA) is 65.4 Å². The molecule has 3 rings (SSSR count). The number of halogens is 1. The van der Waals surface area contributed by atoms with Gasteiger partial charge in [-0.1, -0.05) is 23.4 Å². The monoisotopic (exact) mass is 362 g/mol. The summed E-state index contributed by atoms with van der Waals surface area (Å²) in [4.78, 5) is 0. The number of aryl methyl sites for hydroxylation is 1. The molecule has 0 saturated carbocycles. The van der Waals surface area contributed by atoms with Crippen LogP contribution in [0.15, 0.2) is 51.3 Å². The molecule has 8 heteroatoms. The largest absolute Gasteiger partial charge is 0.486 e. The number of benzene rings is 1. The van der Waals surface area contributed by atoms with Crippen molar-refractivity contribution in [1.29, 1.82) is 0 Å². The van der Waals surface area contributed by atoms with Crippen molar-refractivity contribution in [2.24, 2.45) is 5.10 Å². The molecule has 0 bridgehead atoms. The highest BCUT2D eigenvalue weighted by atomic mass is 35.5. The van der Waals surface area contributed by atoms with Gasteiger partial charge in [0, 0.05) is 5.02 Å². The Morgan fingerprint density at radius 1 is 1.38 bits per heavy atom. The molecular weight excluding hydrogens is 348 g/mol. The van der Waals surface area contributed by atoms with E-state index in [1.54, 1.807) is 10.9 Å². The highest BCUT2D eigenvalue weighted by molar-refractivity contribution is 7.98. The number of hydrogen-bond acceptors (Lipinski definition) is 6. The predicted octanol–water partition coefficient (Wildman–Crippen LogP) is 4.02. The minimum atomic E-state index is 0.331. The van der Waals surface area contributed by atoms with Crippen molar-refractivity contribution in [2.45, 2.75) is 18.7 Å². The van der Waals surface area contributed by atoms with Crippen LogP contribution in [0, 0.1) is 6.92 Å². The molecular formula is C16H15ClN4O2S. The lowest BCUT2D eigenvalue weighted by molar-refractivity contribution is 0.269. The minimum Gasteiger partial charge on any atom is -0.486 e. The molecule has 0 aliphatic rings. The number of rotatable bonds is 6. The predicted molar refractivity (Wildman–Crippen MR) is 94.0 cm³/mol. The van der Waals surface area contributed by atoms with Crippen molar-refractivity contribution >= 4 is 29.6 Å². The third kappa shape index (κ3) is 3.98. The molecule has 0 spiro atoms. The maximum atomic E-state index is 6.00. The number of hydrogen-bond donors (Lipinski definition) is 0. The molecule has 2 heterocycles. The number of furan rings is 1. The van der Waals surface area contributed by atoms with Gasteiger partial charge in [0.2, 0.25) is 5.16 Å². The standard InChI is InChI=1S/C16H15ClN4O2S/c1-11-7-12(5-6-15(11)17)22-9-14-4-3-13(23-14)8-19-21-10-18-20-16(21)24-2/h3-8,10H,9H2,1-2H3/b19-8+. The summed E-state index contributed by atoms with van der Waals surface area (Å²) in [6.07, 6.45) is 5.06. The molecule has 3 aromatic rings. The van der Waals surface area contributed by atoms with Crippen molar-refractivity contribution in [1.82, 2.24) is 14.9 Å². The Balaban J connectivity index is 1.62. The van der Waals surface area contributed by atoms with Crippen molar-refractivity contribution in [3.8, 4) is 5.75 Å². The summed E-state index contributed by atoms with van der Waals surface area (Å²) in [7, 11) is 0. The second-order valence-electron chi connectivity index (χ2n) is 4.91. The Bertz CT molecular complexity index is 859. The fourth-order valence-electron chi connectivity index (χ4n) is 1.95. The fraction of sp³-hybridized carbons (Fsp3) is 0.188. The molecule has 1 aromatic carbocycles. The molecule has 0 aliphatic carbocycles. The van der Waals surface area contributed by atoms with E-state index in [4.69, 9.17) is 20.8 Å². The van der Waals surface area contributed by atoms with Crippen molar-refractivity contribution in [3.05, 3.63) is 58.8 Å². The lowest BCUT2D eigenvalue weighted by Crippen LogP contribution is -1.94. The second kappa shape index (κ2) is 7.55. The molecule has 2 aromatic heterocycles. The zero-order chi connectivity index (χ0) is 16.9. The quantitative estimate of drug-likeness (QED) is 0.489. The van der Waals surface area contributed by atoms with Crippen LogP contribution in [-0.2, 0) is 6.61 Å². The van der Waals surface area contributed by atoms with Gasteiger partial charge in [-0.05, 0) is 49.1 Å². The van der Waals surface area contributed by atoms with Gasteiger partial charge in [0.15, 0.2) is 0 Å². The second-order valence-corrected chi connectivity index (χ2v) is 6.09. The molecule has 0 unspecified atom stereocenters. The van der Waals surface area contributed by atoms with Crippen LogP contribution in [0.2, 0.25) is 5.02 Å². The summed E-state index contributed by atoms with van der Waals surface area (Å²) in [5.41, 5.74) is 0.972. The summed E-state index contributed by atoms with van der Waals surface area (Å²) >= 11 is 7.46. The van der Waals surface area contributed by atoms with E-state index in [9.17, 15) is 0 Å². The van der Waals surface area contributed by atoms with Gasteiger partial charge in [-0.25, -0.2) is 0 Å². The molecule has 0 N–H and O–H groups in total. The van der Waals surface area contributed by atoms with E-state index in [2.05, 4.69) is 15.3 Å². The Kier molecular flexibility index (Phi) is 5.22. The van der Waals surface area contributed by atoms with E-state index in [1.165, 1.54) is 18.1 Å². The highest BCUT2D eigenvalue weighted by Crippen LogP contribution is 2.22. The smallest absolute Gasteiger partial charge is 0.211 e. The molecule has 24 heavy (non-hydrogen) atoms. The van der Waals surface area contributed by atoms with Crippen LogP contribution in [-0.4, -0.2) is 27.3 Å². The average Bonchev–Trinajstić information content (AvgIpc) is 3.22. The molecule has 0 radical (unpaired) electrons. The number of aromatic nitrogens is 3. The van der Waals surface area contributed by atoms with E-state index in [-0.39, 0.29) is 0 Å². The van der Waals surface area contributed by atoms with E-state index in [0.717, 1.165) is 16.3 Å². The van der Waals surface area contributed by atoms with Crippen LogP contribution in [0.3, 0.4) is 0 Å². The van der Waals surface area contributed by atoms with Gasteiger partial charge in [0.25, 0.3) is 0 Å². The Hall–Kier alpha value is -2.25. The van der Waals surface area contributed by atoms with Crippen LogP contribution in [0.5, 0.6) is 5.75 Å². The number of thioether (sulfide) groups is 1. The van der Waals surface area contributed by atoms with Gasteiger partial charge in [-0.2, -0.15) is 9.78 Å². The van der Waals surface area contributed by atoms with Crippen LogP contribution >= 0.6 is 23.4 Å². The first-order valence-electron chi connectivity index (χ1n) is 7.12. The molecule has 0 atom stereocenters. The first-order chi connectivity index (χ1) is 11.7. The molecule has 0 amide bonds. The van der Waals surface area contributed by atoms with Gasteiger partial charge in [-0.15, -0.1) is 10.2 Å². The van der Waals surface area contributed by atoms with Gasteiger partial charge in [-0.3, -0.25) is 0 Å². The SMILES string of the molecule is CSc1nncn1/N=C/c1ccc(COc2ccc(Cl)c(C)c2)o1. The first kappa shape index (κ1) is 16.6. The molecule has 0 saturated heterocycles. The molecule has 0 fully saturated rings. The molecule has 0 aliphatic heterocycles. The van der Waals surface area contributed by atoms with Crippen molar-refractivity contribution < 1.29 is 9.15 Å². The fourth-order valence-corrected chi connectivity index (χ4v) is 2.48. The molecule has 6 nitrogen and oxygen atoms in total. The van der Waals surface area contributed by atoms with Crippen LogP contribution in [0.4, 0.5) is 0 Å². The van der Waals surface area contributed by atoms with Gasteiger partial charge in [0.1, 0.15) is 30.2 Å². The van der Waals surface area contributed by atoms with Crippen LogP contribution in [0.25, 0.3) is 0 Å². The third-order valence-electron chi connectivity index (χ3n) is 3.19. The van der Waals surface area contributed by atoms with E-state index in [1.807, 2.05) is 43.5 Å². The van der Waals surface area contributed by atoms with Crippen molar-refractivity contribution in [2.75, 3.05) is 6.26 Å². The van der Waals surface area contributed by atoms with E-state index in [0.29, 0.717) is 23.3 Å². The zero-order valence-corrected chi connectivity index (χ0v) is 14.7. The number of nitrogens with zero attached hydrogens (tertiary/aromatic N) is 4. The lowest BCUT2D eigenvalue weighted by atomic mass is 10.2. The summed E-state index contributed by atoms with van der Waals surface area (Å²) in [6.45, 7) is 2.27. The van der Waals surface area contributed by atoms with Gasteiger partial charge in [0.05, 0.1) is 6.21 Å². The third-order valence-corrected chi connectivity index (χ3v) is 4.24. The zero-order valence-electron chi connectivity index (χ0n) is 13.1. The Labute approximate surface area is 148 Å². The first-order valence-corrected chi connectivity index (χ1v) is 8.72. The van der Waals surface area contributed by atoms with Crippen molar-refractivity contribution in [3.63, 3.8) is 0 Å². The number of ether oxygens (including phenoxy) is 1. The van der Waals surface area contributed by atoms with Crippen LogP contribution < -0.4 is 4.74 Å². The maximum Gasteiger partial charge on any atom is 0.211 e. The average molecular weight is 363 g/mol. The maximum absolute atomic E-state index is 6.00. The Morgan fingerprint density at radius 2 is 2.25 bits per heavy atom. The van der Waals surface area contributed by atoms with Crippen LogP contribution in [0.1, 0.15) is 17.1 Å². The molecule has 124 valence electrons. The Morgan fingerprint density at radius 3 is 3.04 bits per heavy atom. The minimum absolute atomic E-state index is 0.331. The normalized spacial score (nSPS) is 11.3. The van der Waals surface area contributed by atoms with Gasteiger partial charge >= 0.3 is 0 Å². The summed E-state index contributed by atoms with van der Waals surface area (Å²) < 4.78 is 13.0.